The van der Waals surface area contributed by atoms with Gasteiger partial charge in [0.05, 0.1) is 4.92 Å². The summed E-state index contributed by atoms with van der Waals surface area (Å²) in [7, 11) is 0. The maximum Gasteiger partial charge on any atom is 0.271 e. The van der Waals surface area contributed by atoms with Crippen molar-refractivity contribution in [2.45, 2.75) is 52.4 Å². The van der Waals surface area contributed by atoms with Crippen molar-refractivity contribution in [3.63, 3.8) is 0 Å². The summed E-state index contributed by atoms with van der Waals surface area (Å²) in [6, 6.07) is 20.2. The van der Waals surface area contributed by atoms with Gasteiger partial charge in [0, 0.05) is 34.4 Å². The Balaban J connectivity index is 1.47. The zero-order valence-corrected chi connectivity index (χ0v) is 22.7. The summed E-state index contributed by atoms with van der Waals surface area (Å²) in [5.74, 6) is 0.925. The van der Waals surface area contributed by atoms with Crippen molar-refractivity contribution in [3.05, 3.63) is 88.0 Å². The van der Waals surface area contributed by atoms with Crippen molar-refractivity contribution in [3.8, 4) is 45.8 Å². The molecule has 9 nitrogen and oxygen atoms in total. The highest BCUT2D eigenvalue weighted by molar-refractivity contribution is 5.70. The number of nitrogens with zero attached hydrogens (tertiary/aromatic N) is 5. The van der Waals surface area contributed by atoms with Crippen molar-refractivity contribution in [1.82, 2.24) is 20.4 Å². The van der Waals surface area contributed by atoms with E-state index in [2.05, 4.69) is 61.9 Å². The molecule has 0 aliphatic heterocycles. The molecule has 0 unspecified atom stereocenters. The molecule has 0 aliphatic carbocycles. The second-order valence-corrected chi connectivity index (χ2v) is 11.5. The number of non-ortho nitro benzene ring substituents is 1. The van der Waals surface area contributed by atoms with Crippen LogP contribution in [0.4, 0.5) is 5.69 Å². The maximum atomic E-state index is 11.7. The lowest BCUT2D eigenvalue weighted by Crippen LogP contribution is -2.10. The minimum atomic E-state index is -0.488. The van der Waals surface area contributed by atoms with E-state index in [1.807, 2.05) is 48.5 Å². The van der Waals surface area contributed by atoms with Gasteiger partial charge in [-0.25, -0.2) is 0 Å². The summed E-state index contributed by atoms with van der Waals surface area (Å²) in [4.78, 5) is 11.2. The van der Waals surface area contributed by atoms with Gasteiger partial charge in [-0.1, -0.05) is 65.8 Å². The van der Waals surface area contributed by atoms with Crippen molar-refractivity contribution >= 4 is 5.69 Å². The number of nitro benzene ring substituents is 1. The second-order valence-electron chi connectivity index (χ2n) is 11.5. The van der Waals surface area contributed by atoms with Crippen LogP contribution < -0.4 is 0 Å². The monoisotopic (exact) mass is 523 g/mol. The lowest BCUT2D eigenvalue weighted by Gasteiger charge is -2.18. The Morgan fingerprint density at radius 2 is 0.897 bits per heavy atom. The average molecular weight is 524 g/mol. The lowest BCUT2D eigenvalue weighted by molar-refractivity contribution is -0.384. The zero-order chi connectivity index (χ0) is 27.9. The van der Waals surface area contributed by atoms with Crippen LogP contribution in [0.25, 0.3) is 45.8 Å². The fourth-order valence-corrected chi connectivity index (χ4v) is 4.10. The predicted octanol–water partition coefficient (Wildman–Crippen LogP) is 7.62. The topological polar surface area (TPSA) is 121 Å². The van der Waals surface area contributed by atoms with Gasteiger partial charge in [-0.2, -0.15) is 0 Å². The molecular formula is C30H29N5O4. The molecule has 39 heavy (non-hydrogen) atoms. The van der Waals surface area contributed by atoms with Crippen LogP contribution in [0.1, 0.15) is 52.7 Å². The van der Waals surface area contributed by atoms with Crippen molar-refractivity contribution in [2.24, 2.45) is 0 Å². The van der Waals surface area contributed by atoms with Gasteiger partial charge in [-0.05, 0) is 52.3 Å². The first kappa shape index (κ1) is 26.0. The van der Waals surface area contributed by atoms with Gasteiger partial charge in [-0.15, -0.1) is 20.4 Å². The minimum absolute atomic E-state index is 0.0163. The number of aromatic nitrogens is 4. The lowest BCUT2D eigenvalue weighted by atomic mass is 9.87. The fourth-order valence-electron chi connectivity index (χ4n) is 4.10. The van der Waals surface area contributed by atoms with Gasteiger partial charge >= 0.3 is 0 Å². The van der Waals surface area contributed by atoms with Crippen LogP contribution in [0.2, 0.25) is 0 Å². The van der Waals surface area contributed by atoms with Gasteiger partial charge < -0.3 is 8.83 Å². The van der Waals surface area contributed by atoms with Crippen LogP contribution in [0, 0.1) is 10.1 Å². The number of hydrogen-bond acceptors (Lipinski definition) is 8. The van der Waals surface area contributed by atoms with E-state index in [1.54, 1.807) is 6.07 Å². The second kappa shape index (κ2) is 9.58. The van der Waals surface area contributed by atoms with Crippen LogP contribution in [-0.4, -0.2) is 25.3 Å². The summed E-state index contributed by atoms with van der Waals surface area (Å²) in [5.41, 5.74) is 4.49. The molecule has 0 radical (unpaired) electrons. The van der Waals surface area contributed by atoms with Gasteiger partial charge in [0.2, 0.25) is 23.6 Å². The number of nitro groups is 1. The quantitative estimate of drug-likeness (QED) is 0.170. The van der Waals surface area contributed by atoms with Crippen molar-refractivity contribution < 1.29 is 13.8 Å². The molecule has 5 aromatic rings. The van der Waals surface area contributed by atoms with E-state index in [0.717, 1.165) is 11.1 Å². The molecule has 3 aromatic carbocycles. The van der Waals surface area contributed by atoms with Gasteiger partial charge in [0.25, 0.3) is 5.69 Å². The smallest absolute Gasteiger partial charge is 0.271 e. The molecule has 9 heteroatoms. The molecule has 2 aromatic heterocycles. The molecule has 0 saturated heterocycles. The Morgan fingerprint density at radius 3 is 1.21 bits per heavy atom. The summed E-state index contributed by atoms with van der Waals surface area (Å²) in [6.07, 6.45) is 0. The van der Waals surface area contributed by atoms with E-state index < -0.39 is 4.92 Å². The molecule has 198 valence electrons. The Morgan fingerprint density at radius 1 is 0.564 bits per heavy atom. The zero-order valence-electron chi connectivity index (χ0n) is 22.7. The third kappa shape index (κ3) is 5.47. The third-order valence-corrected chi connectivity index (χ3v) is 6.47. The van der Waals surface area contributed by atoms with Crippen LogP contribution in [0.5, 0.6) is 0 Å². The molecular weight excluding hydrogens is 494 g/mol. The van der Waals surface area contributed by atoms with Crippen LogP contribution in [0.3, 0.4) is 0 Å². The first-order valence-corrected chi connectivity index (χ1v) is 12.6. The standard InChI is InChI=1S/C30H29N5O4/c1-29(2,3)22-11-7-18(8-12-22)25-31-33-27(38-25)20-15-21(17-24(16-20)35(36)37)28-34-32-26(39-28)19-9-13-23(14-10-19)30(4,5)6/h7-17H,1-6H3. The van der Waals surface area contributed by atoms with E-state index in [0.29, 0.717) is 22.9 Å². The van der Waals surface area contributed by atoms with E-state index in [1.165, 1.54) is 23.3 Å². The average Bonchev–Trinajstić information content (AvgIpc) is 3.58. The number of hydrogen-bond donors (Lipinski definition) is 0. The van der Waals surface area contributed by atoms with Crippen molar-refractivity contribution in [1.29, 1.82) is 0 Å². The molecule has 0 fully saturated rings. The van der Waals surface area contributed by atoms with Gasteiger partial charge in [0.1, 0.15) is 0 Å². The van der Waals surface area contributed by atoms with Gasteiger partial charge in [0.15, 0.2) is 0 Å². The first-order valence-electron chi connectivity index (χ1n) is 12.6. The largest absolute Gasteiger partial charge is 0.416 e. The molecule has 0 saturated carbocycles. The molecule has 0 N–H and O–H groups in total. The highest BCUT2D eigenvalue weighted by Gasteiger charge is 2.21. The fraction of sp³-hybridized carbons (Fsp3) is 0.267. The maximum absolute atomic E-state index is 11.7. The summed E-state index contributed by atoms with van der Waals surface area (Å²) in [6.45, 7) is 12.8. The minimum Gasteiger partial charge on any atom is -0.416 e. The van der Waals surface area contributed by atoms with Crippen LogP contribution in [-0.2, 0) is 10.8 Å². The normalized spacial score (nSPS) is 12.1. The molecule has 0 bridgehead atoms. The Labute approximate surface area is 226 Å². The summed E-state index contributed by atoms with van der Waals surface area (Å²) >= 11 is 0. The van der Waals surface area contributed by atoms with Crippen LogP contribution in [0.15, 0.2) is 75.6 Å². The molecule has 0 aliphatic rings. The summed E-state index contributed by atoms with van der Waals surface area (Å²) in [5, 5.41) is 28.3. The van der Waals surface area contributed by atoms with E-state index in [4.69, 9.17) is 8.83 Å². The van der Waals surface area contributed by atoms with Gasteiger partial charge in [-0.3, -0.25) is 10.1 Å². The molecule has 0 atom stereocenters. The van der Waals surface area contributed by atoms with Crippen molar-refractivity contribution in [2.75, 3.05) is 0 Å². The van der Waals surface area contributed by atoms with E-state index in [9.17, 15) is 10.1 Å². The molecule has 0 spiro atoms. The number of benzene rings is 3. The molecule has 2 heterocycles. The van der Waals surface area contributed by atoms with E-state index >= 15 is 0 Å². The number of rotatable bonds is 5. The Bertz CT molecular complexity index is 1520. The predicted molar refractivity (Wildman–Crippen MR) is 148 cm³/mol. The highest BCUT2D eigenvalue weighted by Crippen LogP contribution is 2.34. The molecule has 5 rings (SSSR count). The Kier molecular flexibility index (Phi) is 6.38. The third-order valence-electron chi connectivity index (χ3n) is 6.47. The van der Waals surface area contributed by atoms with Crippen LogP contribution >= 0.6 is 0 Å². The Hall–Kier alpha value is -4.66. The SMILES string of the molecule is CC(C)(C)c1ccc(-c2nnc(-c3cc(-c4nnc(-c5ccc(C(C)(C)C)cc5)o4)cc([N+](=O)[O-])c3)o2)cc1. The van der Waals surface area contributed by atoms with E-state index in [-0.39, 0.29) is 28.3 Å². The summed E-state index contributed by atoms with van der Waals surface area (Å²) < 4.78 is 11.8. The highest BCUT2D eigenvalue weighted by atomic mass is 16.6. The molecule has 0 amide bonds. The first-order chi connectivity index (χ1) is 18.4.